The Labute approximate surface area is 274 Å². The summed E-state index contributed by atoms with van der Waals surface area (Å²) in [5.41, 5.74) is 0.930. The number of aliphatic imine (C=N–C) groups is 1. The molecule has 46 heavy (non-hydrogen) atoms. The van der Waals surface area contributed by atoms with Crippen molar-refractivity contribution in [2.75, 3.05) is 37.7 Å². The number of benzene rings is 3. The van der Waals surface area contributed by atoms with Crippen molar-refractivity contribution in [1.82, 2.24) is 19.8 Å². The summed E-state index contributed by atoms with van der Waals surface area (Å²) in [5.74, 6) is 0.758. The Morgan fingerprint density at radius 2 is 1.50 bits per heavy atom. The molecule has 3 heterocycles. The molecule has 0 radical (unpaired) electrons. The first-order valence-corrected chi connectivity index (χ1v) is 15.4. The number of rotatable bonds is 6. The number of hydrogen-bond acceptors (Lipinski definition) is 6. The lowest BCUT2D eigenvalue weighted by atomic mass is 9.93. The van der Waals surface area contributed by atoms with Crippen LogP contribution in [0.5, 0.6) is 5.75 Å². The number of carbonyl (C=O) groups excluding carboxylic acids is 1. The van der Waals surface area contributed by atoms with E-state index in [1.807, 2.05) is 29.2 Å². The van der Waals surface area contributed by atoms with Crippen molar-refractivity contribution in [2.24, 2.45) is 4.99 Å². The lowest BCUT2D eigenvalue weighted by molar-refractivity contribution is -0.137. The molecule has 8 nitrogen and oxygen atoms in total. The zero-order valence-corrected chi connectivity index (χ0v) is 26.2. The second-order valence-electron chi connectivity index (χ2n) is 10.8. The van der Waals surface area contributed by atoms with Crippen LogP contribution in [-0.4, -0.2) is 64.4 Å². The van der Waals surface area contributed by atoms with Crippen molar-refractivity contribution in [3.63, 3.8) is 0 Å². The van der Waals surface area contributed by atoms with E-state index in [0.29, 0.717) is 42.2 Å². The van der Waals surface area contributed by atoms with Crippen molar-refractivity contribution in [2.45, 2.75) is 25.2 Å². The minimum absolute atomic E-state index is 0.0217. The van der Waals surface area contributed by atoms with Gasteiger partial charge in [0.05, 0.1) is 23.8 Å². The van der Waals surface area contributed by atoms with Gasteiger partial charge >= 0.3 is 12.2 Å². The Hall–Kier alpha value is -4.35. The molecular formula is C33H29Cl2F3N6O2. The molecule has 238 valence electrons. The van der Waals surface area contributed by atoms with E-state index in [1.165, 1.54) is 6.07 Å². The highest BCUT2D eigenvalue weighted by Gasteiger charge is 2.45. The number of halogens is 5. The fourth-order valence-electron chi connectivity index (χ4n) is 5.72. The summed E-state index contributed by atoms with van der Waals surface area (Å²) in [5, 5.41) is 1.05. The Morgan fingerprint density at radius 1 is 0.891 bits per heavy atom. The molecule has 1 saturated heterocycles. The summed E-state index contributed by atoms with van der Waals surface area (Å²) in [6.07, 6.45) is -1.25. The van der Waals surface area contributed by atoms with Gasteiger partial charge in [0.2, 0.25) is 5.95 Å². The number of anilines is 1. The largest absolute Gasteiger partial charge is 0.493 e. The van der Waals surface area contributed by atoms with E-state index in [9.17, 15) is 18.0 Å². The Balaban J connectivity index is 1.45. The molecule has 2 aliphatic rings. The standard InChI is InChI=1S/C33H29Cl2F3N6O2/c1-2-46-27-20-23(33(36,37)38)8-13-26(27)30-41-28(21-4-9-24(34)10-5-21)29(22-6-11-25(35)12-7-22)44(30)32(45)43-18-16-42(17-19-43)31-39-14-3-15-40-31/h3-15,20,28-29H,2,16-19H2,1H3. The van der Waals surface area contributed by atoms with Crippen LogP contribution in [-0.2, 0) is 6.18 Å². The average Bonchev–Trinajstić information content (AvgIpc) is 3.45. The van der Waals surface area contributed by atoms with Crippen molar-refractivity contribution < 1.29 is 22.7 Å². The van der Waals surface area contributed by atoms with Gasteiger partial charge in [-0.05, 0) is 66.6 Å². The molecule has 0 bridgehead atoms. The number of carbonyl (C=O) groups is 1. The third-order valence-corrected chi connectivity index (χ3v) is 8.43. The van der Waals surface area contributed by atoms with Crippen molar-refractivity contribution in [3.05, 3.63) is 117 Å². The SMILES string of the molecule is CCOc1cc(C(F)(F)F)ccc1C1=NC(c2ccc(Cl)cc2)C(c2ccc(Cl)cc2)N1C(=O)N1CCN(c2ncccn2)CC1. The molecule has 1 fully saturated rings. The van der Waals surface area contributed by atoms with Gasteiger partial charge in [-0.25, -0.2) is 14.8 Å². The van der Waals surface area contributed by atoms with Gasteiger partial charge in [0, 0.05) is 48.6 Å². The fraction of sp³-hybridized carbons (Fsp3) is 0.273. The van der Waals surface area contributed by atoms with Gasteiger partial charge in [0.25, 0.3) is 0 Å². The number of urea groups is 1. The Bertz CT molecular complexity index is 1710. The molecule has 0 N–H and O–H groups in total. The van der Waals surface area contributed by atoms with Gasteiger partial charge < -0.3 is 14.5 Å². The number of ether oxygens (including phenoxy) is 1. The van der Waals surface area contributed by atoms with Crippen molar-refractivity contribution in [3.8, 4) is 5.75 Å². The summed E-state index contributed by atoms with van der Waals surface area (Å²) in [4.78, 5) is 33.7. The zero-order chi connectivity index (χ0) is 32.4. The number of hydrogen-bond donors (Lipinski definition) is 0. The smallest absolute Gasteiger partial charge is 0.416 e. The van der Waals surface area contributed by atoms with Crippen LogP contribution >= 0.6 is 23.2 Å². The van der Waals surface area contributed by atoms with Gasteiger partial charge in [-0.2, -0.15) is 13.2 Å². The molecule has 4 aromatic rings. The zero-order valence-electron chi connectivity index (χ0n) is 24.7. The summed E-state index contributed by atoms with van der Waals surface area (Å²) >= 11 is 12.5. The monoisotopic (exact) mass is 668 g/mol. The first-order chi connectivity index (χ1) is 22.1. The lowest BCUT2D eigenvalue weighted by Crippen LogP contribution is -2.54. The third-order valence-electron chi connectivity index (χ3n) is 7.93. The first kappa shape index (κ1) is 31.6. The molecule has 2 aliphatic heterocycles. The molecule has 0 aliphatic carbocycles. The first-order valence-electron chi connectivity index (χ1n) is 14.7. The van der Waals surface area contributed by atoms with E-state index in [2.05, 4.69) is 9.97 Å². The number of amidine groups is 1. The number of amides is 2. The van der Waals surface area contributed by atoms with E-state index >= 15 is 0 Å². The highest BCUT2D eigenvalue weighted by molar-refractivity contribution is 6.30. The van der Waals surface area contributed by atoms with E-state index < -0.39 is 23.8 Å². The lowest BCUT2D eigenvalue weighted by Gasteiger charge is -2.39. The molecular weight excluding hydrogens is 640 g/mol. The molecule has 2 unspecified atom stereocenters. The highest BCUT2D eigenvalue weighted by Crippen LogP contribution is 2.46. The highest BCUT2D eigenvalue weighted by atomic mass is 35.5. The second-order valence-corrected chi connectivity index (χ2v) is 11.6. The fourth-order valence-corrected chi connectivity index (χ4v) is 5.97. The van der Waals surface area contributed by atoms with Crippen LogP contribution in [0.4, 0.5) is 23.9 Å². The number of alkyl halides is 3. The minimum atomic E-state index is -4.59. The van der Waals surface area contributed by atoms with E-state index in [0.717, 1.165) is 23.3 Å². The molecule has 6 rings (SSSR count). The maximum Gasteiger partial charge on any atom is 0.416 e. The van der Waals surface area contributed by atoms with Crippen LogP contribution in [0.1, 0.15) is 41.3 Å². The average molecular weight is 670 g/mol. The van der Waals surface area contributed by atoms with Crippen LogP contribution in [0.25, 0.3) is 0 Å². The molecule has 0 spiro atoms. The molecule has 13 heteroatoms. The Kier molecular flexibility index (Phi) is 9.06. The van der Waals surface area contributed by atoms with Crippen LogP contribution in [0.2, 0.25) is 10.0 Å². The van der Waals surface area contributed by atoms with E-state index in [4.69, 9.17) is 32.9 Å². The topological polar surface area (TPSA) is 74.2 Å². The van der Waals surface area contributed by atoms with Crippen molar-refractivity contribution in [1.29, 1.82) is 0 Å². The maximum atomic E-state index is 14.7. The normalized spacial score (nSPS) is 18.5. The van der Waals surface area contributed by atoms with Crippen LogP contribution in [0.3, 0.4) is 0 Å². The van der Waals surface area contributed by atoms with Gasteiger partial charge in [0.1, 0.15) is 17.6 Å². The third kappa shape index (κ3) is 6.47. The number of piperazine rings is 1. The van der Waals surface area contributed by atoms with Gasteiger partial charge in [0.15, 0.2) is 0 Å². The van der Waals surface area contributed by atoms with Crippen molar-refractivity contribution >= 4 is 41.0 Å². The van der Waals surface area contributed by atoms with Gasteiger partial charge in [-0.3, -0.25) is 9.89 Å². The molecule has 0 saturated carbocycles. The van der Waals surface area contributed by atoms with E-state index in [1.54, 1.807) is 59.4 Å². The predicted molar refractivity (Wildman–Crippen MR) is 171 cm³/mol. The van der Waals surface area contributed by atoms with Crippen LogP contribution in [0.15, 0.2) is 90.2 Å². The van der Waals surface area contributed by atoms with Gasteiger partial charge in [-0.15, -0.1) is 0 Å². The molecule has 2 atom stereocenters. The minimum Gasteiger partial charge on any atom is -0.493 e. The summed E-state index contributed by atoms with van der Waals surface area (Å²) in [6, 6.07) is 17.7. The van der Waals surface area contributed by atoms with Gasteiger partial charge in [-0.1, -0.05) is 47.5 Å². The predicted octanol–water partition coefficient (Wildman–Crippen LogP) is 7.69. The summed E-state index contributed by atoms with van der Waals surface area (Å²) in [7, 11) is 0. The summed E-state index contributed by atoms with van der Waals surface area (Å²) in [6.45, 7) is 3.52. The second kappa shape index (κ2) is 13.2. The van der Waals surface area contributed by atoms with E-state index in [-0.39, 0.29) is 29.8 Å². The molecule has 1 aromatic heterocycles. The quantitative estimate of drug-likeness (QED) is 0.211. The van der Waals surface area contributed by atoms with Crippen LogP contribution < -0.4 is 9.64 Å². The molecule has 3 aromatic carbocycles. The maximum absolute atomic E-state index is 14.7. The molecule has 2 amide bonds. The Morgan fingerprint density at radius 3 is 2.09 bits per heavy atom. The number of aromatic nitrogens is 2. The number of nitrogens with zero attached hydrogens (tertiary/aromatic N) is 6. The van der Waals surface area contributed by atoms with Crippen LogP contribution in [0, 0.1) is 0 Å². The summed E-state index contributed by atoms with van der Waals surface area (Å²) < 4.78 is 47.0.